The molecule has 0 aliphatic heterocycles. The molecule has 2 aromatic carbocycles. The standard InChI is InChI=1S/C22H22N6O2S2/c1-4-28-20(16-8-6-5-7-13(16)2)26-27-22(28)31-12-19(30)24-15-9-10-17-18(11-15)32-21(25-17)23-14(3)29/h5-11H,4,12H2,1-3H3,(H,24,30)(H,23,25,29). The first kappa shape index (κ1) is 22.0. The van der Waals surface area contributed by atoms with Gasteiger partial charge in [-0.05, 0) is 37.6 Å². The molecule has 0 atom stereocenters. The van der Waals surface area contributed by atoms with Crippen LogP contribution < -0.4 is 10.6 Å². The van der Waals surface area contributed by atoms with Crippen LogP contribution in [-0.2, 0) is 16.1 Å². The molecular weight excluding hydrogens is 444 g/mol. The van der Waals surface area contributed by atoms with E-state index in [9.17, 15) is 9.59 Å². The summed E-state index contributed by atoms with van der Waals surface area (Å²) in [5.74, 6) is 0.715. The molecule has 0 aliphatic carbocycles. The van der Waals surface area contributed by atoms with Crippen LogP contribution in [0.5, 0.6) is 0 Å². The summed E-state index contributed by atoms with van der Waals surface area (Å²) in [6.45, 7) is 6.23. The highest BCUT2D eigenvalue weighted by atomic mass is 32.2. The van der Waals surface area contributed by atoms with Crippen molar-refractivity contribution in [1.29, 1.82) is 0 Å². The normalized spacial score (nSPS) is 11.0. The number of fused-ring (bicyclic) bond motifs is 1. The molecule has 0 aliphatic rings. The second-order valence-electron chi connectivity index (χ2n) is 7.08. The van der Waals surface area contributed by atoms with Crippen molar-refractivity contribution in [2.75, 3.05) is 16.4 Å². The Morgan fingerprint density at radius 3 is 2.69 bits per heavy atom. The quantitative estimate of drug-likeness (QED) is 0.387. The van der Waals surface area contributed by atoms with Crippen molar-refractivity contribution < 1.29 is 9.59 Å². The minimum atomic E-state index is -0.167. The molecule has 0 bridgehead atoms. The number of aryl methyl sites for hydroxylation is 1. The maximum atomic E-state index is 12.5. The topological polar surface area (TPSA) is 102 Å². The number of amides is 2. The summed E-state index contributed by atoms with van der Waals surface area (Å²) < 4.78 is 2.90. The Morgan fingerprint density at radius 1 is 1.12 bits per heavy atom. The van der Waals surface area contributed by atoms with Gasteiger partial charge in [-0.15, -0.1) is 10.2 Å². The lowest BCUT2D eigenvalue weighted by Crippen LogP contribution is -2.14. The van der Waals surface area contributed by atoms with Crippen LogP contribution >= 0.6 is 23.1 Å². The fourth-order valence-electron chi connectivity index (χ4n) is 3.24. The molecule has 10 heteroatoms. The van der Waals surface area contributed by atoms with Crippen LogP contribution in [0.25, 0.3) is 21.6 Å². The van der Waals surface area contributed by atoms with Gasteiger partial charge in [-0.3, -0.25) is 9.59 Å². The molecule has 4 rings (SSSR count). The molecule has 2 heterocycles. The lowest BCUT2D eigenvalue weighted by molar-refractivity contribution is -0.114. The monoisotopic (exact) mass is 466 g/mol. The Bertz CT molecular complexity index is 1300. The van der Waals surface area contributed by atoms with E-state index in [1.54, 1.807) is 6.07 Å². The first-order valence-corrected chi connectivity index (χ1v) is 11.8. The van der Waals surface area contributed by atoms with Crippen LogP contribution in [0.15, 0.2) is 47.6 Å². The number of aromatic nitrogens is 4. The third-order valence-electron chi connectivity index (χ3n) is 4.71. The predicted molar refractivity (Wildman–Crippen MR) is 129 cm³/mol. The van der Waals surface area contributed by atoms with E-state index in [1.807, 2.05) is 54.8 Å². The van der Waals surface area contributed by atoms with Crippen molar-refractivity contribution in [3.8, 4) is 11.4 Å². The summed E-state index contributed by atoms with van der Waals surface area (Å²) in [6.07, 6.45) is 0. The molecule has 4 aromatic rings. The highest BCUT2D eigenvalue weighted by Gasteiger charge is 2.16. The summed E-state index contributed by atoms with van der Waals surface area (Å²) in [5, 5.41) is 15.5. The number of rotatable bonds is 7. The third-order valence-corrected chi connectivity index (χ3v) is 6.61. The number of carbonyl (C=O) groups is 2. The molecule has 0 fully saturated rings. The van der Waals surface area contributed by atoms with Gasteiger partial charge >= 0.3 is 0 Å². The fraction of sp³-hybridized carbons (Fsp3) is 0.227. The Hall–Kier alpha value is -3.24. The van der Waals surface area contributed by atoms with E-state index in [2.05, 4.69) is 25.8 Å². The first-order valence-electron chi connectivity index (χ1n) is 10.0. The van der Waals surface area contributed by atoms with Crippen LogP contribution in [0.2, 0.25) is 0 Å². The molecular formula is C22H22N6O2S2. The van der Waals surface area contributed by atoms with Crippen molar-refractivity contribution in [2.24, 2.45) is 0 Å². The van der Waals surface area contributed by atoms with Gasteiger partial charge in [0.15, 0.2) is 16.1 Å². The van der Waals surface area contributed by atoms with Crippen molar-refractivity contribution in [3.63, 3.8) is 0 Å². The zero-order chi connectivity index (χ0) is 22.7. The number of thiazole rings is 1. The Morgan fingerprint density at radius 2 is 1.94 bits per heavy atom. The van der Waals surface area contributed by atoms with Gasteiger partial charge in [0.2, 0.25) is 11.8 Å². The number of nitrogens with zero attached hydrogens (tertiary/aromatic N) is 4. The highest BCUT2D eigenvalue weighted by Crippen LogP contribution is 2.29. The summed E-state index contributed by atoms with van der Waals surface area (Å²) in [6, 6.07) is 13.5. The van der Waals surface area contributed by atoms with Crippen LogP contribution in [-0.4, -0.2) is 37.3 Å². The SMILES string of the molecule is CCn1c(SCC(=O)Nc2ccc3nc(NC(C)=O)sc3c2)nnc1-c1ccccc1C. The van der Waals surface area contributed by atoms with Gasteiger partial charge < -0.3 is 15.2 Å². The van der Waals surface area contributed by atoms with Crippen LogP contribution in [0, 0.1) is 6.92 Å². The lowest BCUT2D eigenvalue weighted by atomic mass is 10.1. The van der Waals surface area contributed by atoms with E-state index in [-0.39, 0.29) is 17.6 Å². The highest BCUT2D eigenvalue weighted by molar-refractivity contribution is 7.99. The number of anilines is 2. The number of hydrogen-bond donors (Lipinski definition) is 2. The number of carbonyl (C=O) groups excluding carboxylic acids is 2. The van der Waals surface area contributed by atoms with Gasteiger partial charge in [0.25, 0.3) is 0 Å². The van der Waals surface area contributed by atoms with Gasteiger partial charge in [0, 0.05) is 24.7 Å². The molecule has 8 nitrogen and oxygen atoms in total. The average molecular weight is 467 g/mol. The summed E-state index contributed by atoms with van der Waals surface area (Å²) >= 11 is 2.72. The van der Waals surface area contributed by atoms with Gasteiger partial charge in [-0.1, -0.05) is 47.4 Å². The maximum Gasteiger partial charge on any atom is 0.234 e. The minimum Gasteiger partial charge on any atom is -0.325 e. The molecule has 0 spiro atoms. The van der Waals surface area contributed by atoms with Crippen LogP contribution in [0.3, 0.4) is 0 Å². The molecule has 0 radical (unpaired) electrons. The van der Waals surface area contributed by atoms with Crippen molar-refractivity contribution in [2.45, 2.75) is 32.5 Å². The number of hydrogen-bond acceptors (Lipinski definition) is 7. The molecule has 0 saturated carbocycles. The molecule has 2 amide bonds. The van der Waals surface area contributed by atoms with Crippen molar-refractivity contribution in [1.82, 2.24) is 19.7 Å². The van der Waals surface area contributed by atoms with E-state index in [0.29, 0.717) is 22.5 Å². The smallest absolute Gasteiger partial charge is 0.234 e. The maximum absolute atomic E-state index is 12.5. The number of nitrogens with one attached hydrogen (secondary N) is 2. The van der Waals surface area contributed by atoms with E-state index in [1.165, 1.54) is 30.0 Å². The summed E-state index contributed by atoms with van der Waals surface area (Å²) in [4.78, 5) is 28.1. The second-order valence-corrected chi connectivity index (χ2v) is 9.06. The van der Waals surface area contributed by atoms with Gasteiger partial charge in [-0.25, -0.2) is 4.98 Å². The molecule has 32 heavy (non-hydrogen) atoms. The van der Waals surface area contributed by atoms with E-state index in [4.69, 9.17) is 0 Å². The summed E-state index contributed by atoms with van der Waals surface area (Å²) in [7, 11) is 0. The molecule has 164 valence electrons. The first-order chi connectivity index (χ1) is 15.4. The van der Waals surface area contributed by atoms with Gasteiger partial charge in [0.05, 0.1) is 16.0 Å². The van der Waals surface area contributed by atoms with Crippen LogP contribution in [0.1, 0.15) is 19.4 Å². The Kier molecular flexibility index (Phi) is 6.52. The van der Waals surface area contributed by atoms with Gasteiger partial charge in [-0.2, -0.15) is 0 Å². The van der Waals surface area contributed by atoms with E-state index < -0.39 is 0 Å². The molecule has 2 N–H and O–H groups in total. The summed E-state index contributed by atoms with van der Waals surface area (Å²) in [5.41, 5.74) is 3.61. The number of benzene rings is 2. The molecule has 2 aromatic heterocycles. The second kappa shape index (κ2) is 9.49. The molecule has 0 saturated heterocycles. The minimum absolute atomic E-state index is 0.135. The molecule has 0 unspecified atom stereocenters. The zero-order valence-electron chi connectivity index (χ0n) is 17.9. The van der Waals surface area contributed by atoms with E-state index in [0.717, 1.165) is 27.2 Å². The van der Waals surface area contributed by atoms with Crippen LogP contribution in [0.4, 0.5) is 10.8 Å². The Labute approximate surface area is 193 Å². The average Bonchev–Trinajstić information content (AvgIpc) is 3.34. The van der Waals surface area contributed by atoms with E-state index >= 15 is 0 Å². The predicted octanol–water partition coefficient (Wildman–Crippen LogP) is 4.57. The van der Waals surface area contributed by atoms with Crippen molar-refractivity contribution in [3.05, 3.63) is 48.0 Å². The number of thioether (sulfide) groups is 1. The van der Waals surface area contributed by atoms with Gasteiger partial charge in [0.1, 0.15) is 0 Å². The third kappa shape index (κ3) is 4.81. The fourth-order valence-corrected chi connectivity index (χ4v) is 4.99. The Balaban J connectivity index is 1.43. The van der Waals surface area contributed by atoms with Crippen molar-refractivity contribution >= 4 is 55.9 Å². The largest absolute Gasteiger partial charge is 0.325 e. The lowest BCUT2D eigenvalue weighted by Gasteiger charge is -2.09. The zero-order valence-corrected chi connectivity index (χ0v) is 19.5.